The molecule has 0 aliphatic carbocycles. The fourth-order valence-electron chi connectivity index (χ4n) is 3.07. The number of nitrogens with one attached hydrogen (secondary N) is 2. The molecule has 0 unspecified atom stereocenters. The highest BCUT2D eigenvalue weighted by Crippen LogP contribution is 2.19. The number of ether oxygens (including phenoxy) is 1. The smallest absolute Gasteiger partial charge is 0.255 e. The Morgan fingerprint density at radius 1 is 0.938 bits per heavy atom. The minimum absolute atomic E-state index is 0.0447. The van der Waals surface area contributed by atoms with Crippen molar-refractivity contribution in [2.45, 2.75) is 44.9 Å². The van der Waals surface area contributed by atoms with E-state index in [1.807, 2.05) is 62.4 Å². The Morgan fingerprint density at radius 3 is 2.38 bits per heavy atom. The van der Waals surface area contributed by atoms with E-state index in [2.05, 4.69) is 10.0 Å². The fraction of sp³-hybridized carbons (Fsp3) is 0.240. The molecule has 0 spiro atoms. The van der Waals surface area contributed by atoms with Crippen LogP contribution in [0.3, 0.4) is 0 Å². The van der Waals surface area contributed by atoms with E-state index in [-0.39, 0.29) is 23.5 Å². The molecule has 0 fully saturated rings. The Labute approximate surface area is 189 Å². The summed E-state index contributed by atoms with van der Waals surface area (Å²) in [7, 11) is -3.77. The SMILES string of the molecule is Cc1ccc(S(=O)(=O)NCc2ccccc2)cc1C(=O)Nc1cccc(COC(C)C)c1. The quantitative estimate of drug-likeness (QED) is 0.495. The third-order valence-electron chi connectivity index (χ3n) is 4.84. The van der Waals surface area contributed by atoms with Crippen LogP contribution in [0.15, 0.2) is 77.7 Å². The normalized spacial score (nSPS) is 11.5. The van der Waals surface area contributed by atoms with E-state index < -0.39 is 10.0 Å². The number of hydrogen-bond donors (Lipinski definition) is 2. The molecule has 0 aromatic heterocycles. The summed E-state index contributed by atoms with van der Waals surface area (Å²) in [4.78, 5) is 13.0. The molecule has 0 heterocycles. The van der Waals surface area contributed by atoms with Crippen LogP contribution in [0.4, 0.5) is 5.69 Å². The van der Waals surface area contributed by atoms with Crippen molar-refractivity contribution in [2.75, 3.05) is 5.32 Å². The number of carbonyl (C=O) groups excluding carboxylic acids is 1. The Bertz CT molecular complexity index is 1180. The molecule has 3 aromatic rings. The monoisotopic (exact) mass is 452 g/mol. The molecule has 7 heteroatoms. The Hall–Kier alpha value is -3.00. The zero-order valence-electron chi connectivity index (χ0n) is 18.5. The molecular weight excluding hydrogens is 424 g/mol. The van der Waals surface area contributed by atoms with E-state index in [4.69, 9.17) is 4.74 Å². The average molecular weight is 453 g/mol. The van der Waals surface area contributed by atoms with Gasteiger partial charge in [-0.3, -0.25) is 4.79 Å². The summed E-state index contributed by atoms with van der Waals surface area (Å²) in [5.74, 6) is -0.371. The van der Waals surface area contributed by atoms with Crippen molar-refractivity contribution in [3.05, 3.63) is 95.1 Å². The van der Waals surface area contributed by atoms with Crippen LogP contribution in [0.2, 0.25) is 0 Å². The van der Waals surface area contributed by atoms with Gasteiger partial charge in [-0.1, -0.05) is 48.5 Å². The van der Waals surface area contributed by atoms with Crippen molar-refractivity contribution in [1.29, 1.82) is 0 Å². The van der Waals surface area contributed by atoms with Crippen LogP contribution in [0, 0.1) is 6.92 Å². The molecule has 6 nitrogen and oxygen atoms in total. The molecule has 3 rings (SSSR count). The van der Waals surface area contributed by atoms with Crippen molar-refractivity contribution in [3.63, 3.8) is 0 Å². The van der Waals surface area contributed by atoms with Gasteiger partial charge in [-0.05, 0) is 61.7 Å². The molecule has 0 aliphatic heterocycles. The molecule has 0 atom stereocenters. The van der Waals surface area contributed by atoms with Crippen molar-refractivity contribution in [3.8, 4) is 0 Å². The van der Waals surface area contributed by atoms with Gasteiger partial charge in [0.1, 0.15) is 0 Å². The predicted octanol–water partition coefficient (Wildman–Crippen LogP) is 4.65. The van der Waals surface area contributed by atoms with Gasteiger partial charge in [0.05, 0.1) is 17.6 Å². The van der Waals surface area contributed by atoms with Gasteiger partial charge in [-0.25, -0.2) is 13.1 Å². The van der Waals surface area contributed by atoms with Crippen LogP contribution >= 0.6 is 0 Å². The van der Waals surface area contributed by atoms with E-state index >= 15 is 0 Å². The molecule has 3 aromatic carbocycles. The summed E-state index contributed by atoms with van der Waals surface area (Å²) in [6, 6.07) is 21.2. The van der Waals surface area contributed by atoms with Crippen LogP contribution in [0.25, 0.3) is 0 Å². The molecule has 0 saturated carbocycles. The summed E-state index contributed by atoms with van der Waals surface area (Å²) in [5, 5.41) is 2.85. The van der Waals surface area contributed by atoms with Gasteiger partial charge in [0.15, 0.2) is 0 Å². The Kier molecular flexibility index (Phi) is 7.80. The Morgan fingerprint density at radius 2 is 1.66 bits per heavy atom. The number of sulfonamides is 1. The maximum absolute atomic E-state index is 12.9. The molecule has 0 aliphatic rings. The Balaban J connectivity index is 1.75. The van der Waals surface area contributed by atoms with Gasteiger partial charge >= 0.3 is 0 Å². The third kappa shape index (κ3) is 6.50. The first-order valence-electron chi connectivity index (χ1n) is 10.4. The second-order valence-electron chi connectivity index (χ2n) is 7.80. The lowest BCUT2D eigenvalue weighted by Gasteiger charge is -2.12. The highest BCUT2D eigenvalue weighted by Gasteiger charge is 2.18. The molecule has 168 valence electrons. The first-order valence-corrected chi connectivity index (χ1v) is 11.9. The number of anilines is 1. The zero-order valence-corrected chi connectivity index (χ0v) is 19.3. The standard InChI is InChI=1S/C25H28N2O4S/c1-18(2)31-17-21-10-7-11-22(14-21)27-25(28)24-15-23(13-12-19(24)3)32(29,30)26-16-20-8-5-4-6-9-20/h4-15,18,26H,16-17H2,1-3H3,(H,27,28). The fourth-order valence-corrected chi connectivity index (χ4v) is 4.11. The van der Waals surface area contributed by atoms with E-state index in [0.717, 1.165) is 11.1 Å². The summed E-state index contributed by atoms with van der Waals surface area (Å²) in [6.07, 6.45) is 0.107. The van der Waals surface area contributed by atoms with Gasteiger partial charge < -0.3 is 10.1 Å². The summed E-state index contributed by atoms with van der Waals surface area (Å²) >= 11 is 0. The van der Waals surface area contributed by atoms with E-state index in [9.17, 15) is 13.2 Å². The van der Waals surface area contributed by atoms with Gasteiger partial charge in [0, 0.05) is 17.8 Å². The molecule has 32 heavy (non-hydrogen) atoms. The topological polar surface area (TPSA) is 84.5 Å². The lowest BCUT2D eigenvalue weighted by atomic mass is 10.1. The van der Waals surface area contributed by atoms with E-state index in [0.29, 0.717) is 23.4 Å². The van der Waals surface area contributed by atoms with Crippen molar-refractivity contribution < 1.29 is 17.9 Å². The lowest BCUT2D eigenvalue weighted by molar-refractivity contribution is 0.0657. The van der Waals surface area contributed by atoms with Crippen molar-refractivity contribution in [2.24, 2.45) is 0 Å². The van der Waals surface area contributed by atoms with Crippen LogP contribution in [0.1, 0.15) is 40.9 Å². The second-order valence-corrected chi connectivity index (χ2v) is 9.57. The third-order valence-corrected chi connectivity index (χ3v) is 6.24. The van der Waals surface area contributed by atoms with Gasteiger partial charge in [-0.15, -0.1) is 0 Å². The van der Waals surface area contributed by atoms with Crippen LogP contribution in [-0.4, -0.2) is 20.4 Å². The minimum atomic E-state index is -3.77. The highest BCUT2D eigenvalue weighted by molar-refractivity contribution is 7.89. The predicted molar refractivity (Wildman–Crippen MR) is 126 cm³/mol. The number of aryl methyl sites for hydroxylation is 1. The number of amides is 1. The number of benzene rings is 3. The number of carbonyl (C=O) groups is 1. The summed E-state index contributed by atoms with van der Waals surface area (Å²) in [5.41, 5.74) is 3.40. The van der Waals surface area contributed by atoms with Crippen LogP contribution in [0.5, 0.6) is 0 Å². The highest BCUT2D eigenvalue weighted by atomic mass is 32.2. The summed E-state index contributed by atoms with van der Waals surface area (Å²) < 4.78 is 33.7. The molecular formula is C25H28N2O4S. The first kappa shape index (κ1) is 23.7. The first-order chi connectivity index (χ1) is 15.2. The van der Waals surface area contributed by atoms with Crippen LogP contribution in [-0.2, 0) is 27.9 Å². The summed E-state index contributed by atoms with van der Waals surface area (Å²) in [6.45, 7) is 6.31. The van der Waals surface area contributed by atoms with Gasteiger partial charge in [-0.2, -0.15) is 0 Å². The van der Waals surface area contributed by atoms with Crippen molar-refractivity contribution >= 4 is 21.6 Å². The lowest BCUT2D eigenvalue weighted by Crippen LogP contribution is -2.24. The van der Waals surface area contributed by atoms with E-state index in [1.165, 1.54) is 12.1 Å². The molecule has 0 saturated heterocycles. The number of hydrogen-bond acceptors (Lipinski definition) is 4. The van der Waals surface area contributed by atoms with Crippen LogP contribution < -0.4 is 10.0 Å². The molecule has 0 radical (unpaired) electrons. The molecule has 1 amide bonds. The number of rotatable bonds is 9. The second kappa shape index (κ2) is 10.5. The maximum atomic E-state index is 12.9. The largest absolute Gasteiger partial charge is 0.374 e. The minimum Gasteiger partial charge on any atom is -0.374 e. The maximum Gasteiger partial charge on any atom is 0.255 e. The molecule has 2 N–H and O–H groups in total. The van der Waals surface area contributed by atoms with Gasteiger partial charge in [0.2, 0.25) is 10.0 Å². The molecule has 0 bridgehead atoms. The average Bonchev–Trinajstić information content (AvgIpc) is 2.77. The zero-order chi connectivity index (χ0) is 23.1. The van der Waals surface area contributed by atoms with E-state index in [1.54, 1.807) is 19.1 Å². The van der Waals surface area contributed by atoms with Gasteiger partial charge in [0.25, 0.3) is 5.91 Å². The van der Waals surface area contributed by atoms with Crippen molar-refractivity contribution in [1.82, 2.24) is 4.72 Å².